The Kier molecular flexibility index (Phi) is 7.69. The molecule has 0 aliphatic carbocycles. The molecule has 2 unspecified atom stereocenters. The van der Waals surface area contributed by atoms with Gasteiger partial charge in [0.25, 0.3) is 0 Å². The third-order valence-electron chi connectivity index (χ3n) is 4.13. The van der Waals surface area contributed by atoms with E-state index in [0.29, 0.717) is 24.5 Å². The summed E-state index contributed by atoms with van der Waals surface area (Å²) in [6.45, 7) is 9.02. The SMILES string of the molecule is CC(O)COc1ccc(CNc2cc(C(O)CNC(C)(C)C)ccc2O)cc1. The standard InChI is InChI=1S/C22H32N2O4/c1-15(25)14-28-18-8-5-16(6-9-18)12-23-19-11-17(7-10-20(19)26)21(27)13-24-22(2,3)4/h5-11,15,21,23-27H,12-14H2,1-4H3. The number of hydrogen-bond acceptors (Lipinski definition) is 6. The summed E-state index contributed by atoms with van der Waals surface area (Å²) in [7, 11) is 0. The van der Waals surface area contributed by atoms with E-state index >= 15 is 0 Å². The molecule has 0 bridgehead atoms. The van der Waals surface area contributed by atoms with Crippen LogP contribution in [-0.4, -0.2) is 40.1 Å². The van der Waals surface area contributed by atoms with Crippen LogP contribution in [0.25, 0.3) is 0 Å². The third-order valence-corrected chi connectivity index (χ3v) is 4.13. The van der Waals surface area contributed by atoms with Crippen molar-refractivity contribution in [2.75, 3.05) is 18.5 Å². The minimum Gasteiger partial charge on any atom is -0.506 e. The van der Waals surface area contributed by atoms with Gasteiger partial charge in [-0.15, -0.1) is 0 Å². The maximum atomic E-state index is 10.4. The molecule has 0 aliphatic heterocycles. The summed E-state index contributed by atoms with van der Waals surface area (Å²) in [6.07, 6.45) is -1.17. The molecule has 0 saturated carbocycles. The number of ether oxygens (including phenoxy) is 1. The van der Waals surface area contributed by atoms with Gasteiger partial charge in [-0.1, -0.05) is 18.2 Å². The van der Waals surface area contributed by atoms with Crippen LogP contribution in [-0.2, 0) is 6.54 Å². The van der Waals surface area contributed by atoms with Crippen molar-refractivity contribution in [1.29, 1.82) is 0 Å². The maximum Gasteiger partial charge on any atom is 0.138 e. The van der Waals surface area contributed by atoms with Crippen LogP contribution in [0.5, 0.6) is 11.5 Å². The Bertz CT molecular complexity index is 739. The highest BCUT2D eigenvalue weighted by Gasteiger charge is 2.15. The maximum absolute atomic E-state index is 10.4. The Balaban J connectivity index is 1.96. The molecule has 0 amide bonds. The molecule has 0 spiro atoms. The molecule has 154 valence electrons. The number of aromatic hydroxyl groups is 1. The summed E-state index contributed by atoms with van der Waals surface area (Å²) < 4.78 is 5.45. The van der Waals surface area contributed by atoms with E-state index in [9.17, 15) is 15.3 Å². The number of β-amino-alcohol motifs (C(OH)–C–C–N with tert-alkyl or cyclic N) is 1. The van der Waals surface area contributed by atoms with E-state index in [1.165, 1.54) is 0 Å². The molecule has 28 heavy (non-hydrogen) atoms. The average Bonchev–Trinajstić information content (AvgIpc) is 2.64. The quantitative estimate of drug-likeness (QED) is 0.424. The number of phenols is 1. The van der Waals surface area contributed by atoms with Gasteiger partial charge in [-0.05, 0) is 63.1 Å². The van der Waals surface area contributed by atoms with Gasteiger partial charge in [-0.25, -0.2) is 0 Å². The summed E-state index contributed by atoms with van der Waals surface area (Å²) in [5, 5.41) is 36.3. The predicted molar refractivity (Wildman–Crippen MR) is 112 cm³/mol. The van der Waals surface area contributed by atoms with E-state index < -0.39 is 12.2 Å². The van der Waals surface area contributed by atoms with Gasteiger partial charge in [0, 0.05) is 18.6 Å². The molecular weight excluding hydrogens is 356 g/mol. The zero-order valence-corrected chi connectivity index (χ0v) is 17.1. The van der Waals surface area contributed by atoms with E-state index in [-0.39, 0.29) is 17.9 Å². The van der Waals surface area contributed by atoms with Gasteiger partial charge >= 0.3 is 0 Å². The molecule has 0 radical (unpaired) electrons. The molecule has 0 saturated heterocycles. The lowest BCUT2D eigenvalue weighted by molar-refractivity contribution is 0.122. The van der Waals surface area contributed by atoms with Crippen LogP contribution in [0.2, 0.25) is 0 Å². The normalized spacial score (nSPS) is 13.8. The Morgan fingerprint density at radius 2 is 1.71 bits per heavy atom. The largest absolute Gasteiger partial charge is 0.506 e. The van der Waals surface area contributed by atoms with Crippen LogP contribution in [0.1, 0.15) is 44.9 Å². The number of hydrogen-bond donors (Lipinski definition) is 5. The van der Waals surface area contributed by atoms with Crippen LogP contribution < -0.4 is 15.4 Å². The van der Waals surface area contributed by atoms with E-state index in [0.717, 1.165) is 11.1 Å². The Morgan fingerprint density at radius 1 is 1.04 bits per heavy atom. The lowest BCUT2D eigenvalue weighted by Gasteiger charge is -2.23. The van der Waals surface area contributed by atoms with Gasteiger partial charge in [0.2, 0.25) is 0 Å². The van der Waals surface area contributed by atoms with Crippen molar-refractivity contribution >= 4 is 5.69 Å². The predicted octanol–water partition coefficient (Wildman–Crippen LogP) is 3.19. The van der Waals surface area contributed by atoms with Crippen molar-refractivity contribution in [3.63, 3.8) is 0 Å². The first kappa shape index (κ1) is 22.0. The summed E-state index contributed by atoms with van der Waals surface area (Å²) >= 11 is 0. The molecule has 6 nitrogen and oxygen atoms in total. The number of anilines is 1. The molecule has 0 fully saturated rings. The van der Waals surface area contributed by atoms with E-state index in [1.54, 1.807) is 25.1 Å². The number of nitrogens with one attached hydrogen (secondary N) is 2. The van der Waals surface area contributed by atoms with Crippen molar-refractivity contribution < 1.29 is 20.1 Å². The molecule has 6 heteroatoms. The summed E-state index contributed by atoms with van der Waals surface area (Å²) in [5.41, 5.74) is 2.24. The summed E-state index contributed by atoms with van der Waals surface area (Å²) in [6, 6.07) is 12.6. The van der Waals surface area contributed by atoms with Crippen LogP contribution in [0.3, 0.4) is 0 Å². The highest BCUT2D eigenvalue weighted by molar-refractivity contribution is 5.58. The highest BCUT2D eigenvalue weighted by atomic mass is 16.5. The first-order chi connectivity index (χ1) is 13.1. The van der Waals surface area contributed by atoms with Gasteiger partial charge < -0.3 is 30.7 Å². The smallest absolute Gasteiger partial charge is 0.138 e. The fourth-order valence-corrected chi connectivity index (χ4v) is 2.54. The average molecular weight is 389 g/mol. The molecule has 5 N–H and O–H groups in total. The molecule has 2 aromatic rings. The van der Waals surface area contributed by atoms with E-state index in [2.05, 4.69) is 10.6 Å². The zero-order valence-electron chi connectivity index (χ0n) is 17.1. The molecule has 0 aliphatic rings. The van der Waals surface area contributed by atoms with Crippen LogP contribution in [0.4, 0.5) is 5.69 Å². The first-order valence-electron chi connectivity index (χ1n) is 9.54. The fourth-order valence-electron chi connectivity index (χ4n) is 2.54. The second-order valence-electron chi connectivity index (χ2n) is 8.08. The zero-order chi connectivity index (χ0) is 20.7. The van der Waals surface area contributed by atoms with Crippen molar-refractivity contribution in [2.45, 2.75) is 52.0 Å². The second-order valence-corrected chi connectivity index (χ2v) is 8.08. The highest BCUT2D eigenvalue weighted by Crippen LogP contribution is 2.28. The topological polar surface area (TPSA) is 94.0 Å². The monoisotopic (exact) mass is 388 g/mol. The second kappa shape index (κ2) is 9.78. The Labute approximate surface area is 167 Å². The lowest BCUT2D eigenvalue weighted by atomic mass is 10.1. The Morgan fingerprint density at radius 3 is 2.32 bits per heavy atom. The molecular formula is C22H32N2O4. The molecule has 2 aromatic carbocycles. The fraction of sp³-hybridized carbons (Fsp3) is 0.455. The van der Waals surface area contributed by atoms with Gasteiger partial charge in [-0.3, -0.25) is 0 Å². The summed E-state index contributed by atoms with van der Waals surface area (Å²) in [4.78, 5) is 0. The lowest BCUT2D eigenvalue weighted by Crippen LogP contribution is -2.38. The first-order valence-corrected chi connectivity index (χ1v) is 9.54. The van der Waals surface area contributed by atoms with Crippen LogP contribution in [0, 0.1) is 0 Å². The third kappa shape index (κ3) is 7.38. The van der Waals surface area contributed by atoms with Crippen molar-refractivity contribution in [3.05, 3.63) is 53.6 Å². The van der Waals surface area contributed by atoms with Gasteiger partial charge in [0.1, 0.15) is 18.1 Å². The van der Waals surface area contributed by atoms with Gasteiger partial charge in [0.05, 0.1) is 17.9 Å². The minimum atomic E-state index is -0.661. The number of benzene rings is 2. The van der Waals surface area contributed by atoms with Crippen LogP contribution >= 0.6 is 0 Å². The molecule has 2 atom stereocenters. The van der Waals surface area contributed by atoms with Crippen molar-refractivity contribution in [2.24, 2.45) is 0 Å². The Hall–Kier alpha value is -2.28. The van der Waals surface area contributed by atoms with Crippen molar-refractivity contribution in [1.82, 2.24) is 5.32 Å². The number of aliphatic hydroxyl groups is 2. The molecule has 2 rings (SSSR count). The summed E-state index contributed by atoms with van der Waals surface area (Å²) in [5.74, 6) is 0.834. The number of phenolic OH excluding ortho intramolecular Hbond substituents is 1. The minimum absolute atomic E-state index is 0.0793. The van der Waals surface area contributed by atoms with E-state index in [4.69, 9.17) is 4.74 Å². The van der Waals surface area contributed by atoms with Gasteiger partial charge in [-0.2, -0.15) is 0 Å². The number of aliphatic hydroxyl groups excluding tert-OH is 2. The van der Waals surface area contributed by atoms with Crippen LogP contribution in [0.15, 0.2) is 42.5 Å². The molecule has 0 heterocycles. The van der Waals surface area contributed by atoms with E-state index in [1.807, 2.05) is 45.0 Å². The van der Waals surface area contributed by atoms with Crippen molar-refractivity contribution in [3.8, 4) is 11.5 Å². The molecule has 0 aromatic heterocycles. The number of rotatable bonds is 9. The van der Waals surface area contributed by atoms with Gasteiger partial charge in [0.15, 0.2) is 0 Å².